The number of hydrogen-bond acceptors (Lipinski definition) is 4. The maximum absolute atomic E-state index is 13.2. The SMILES string of the molecule is C=CCn1c(NC2CCCCC2)nc2sc3c(c2c1=O)CCCC3. The van der Waals surface area contributed by atoms with E-state index in [2.05, 4.69) is 11.9 Å². The minimum absolute atomic E-state index is 0.109. The number of anilines is 1. The molecule has 0 atom stereocenters. The molecule has 0 spiro atoms. The monoisotopic (exact) mass is 343 g/mol. The highest BCUT2D eigenvalue weighted by molar-refractivity contribution is 7.18. The summed E-state index contributed by atoms with van der Waals surface area (Å²) in [5.41, 5.74) is 1.37. The third-order valence-corrected chi connectivity index (χ3v) is 6.51. The first-order valence-electron chi connectivity index (χ1n) is 9.20. The molecule has 2 aromatic heterocycles. The number of nitrogens with zero attached hydrogens (tertiary/aromatic N) is 2. The lowest BCUT2D eigenvalue weighted by Gasteiger charge is -2.24. The molecule has 1 N–H and O–H groups in total. The Morgan fingerprint density at radius 3 is 2.79 bits per heavy atom. The quantitative estimate of drug-likeness (QED) is 0.844. The normalized spacial score (nSPS) is 18.5. The molecule has 4 nitrogen and oxygen atoms in total. The number of allylic oxidation sites excluding steroid dienone is 1. The van der Waals surface area contributed by atoms with E-state index in [4.69, 9.17) is 4.98 Å². The van der Waals surface area contributed by atoms with Gasteiger partial charge in [0.25, 0.3) is 5.56 Å². The van der Waals surface area contributed by atoms with Crippen LogP contribution in [0.2, 0.25) is 0 Å². The number of rotatable bonds is 4. The number of hydrogen-bond donors (Lipinski definition) is 1. The third kappa shape index (κ3) is 2.79. The van der Waals surface area contributed by atoms with Gasteiger partial charge in [-0.1, -0.05) is 25.3 Å². The van der Waals surface area contributed by atoms with Crippen molar-refractivity contribution in [3.05, 3.63) is 33.4 Å². The van der Waals surface area contributed by atoms with Crippen LogP contribution in [0.1, 0.15) is 55.4 Å². The van der Waals surface area contributed by atoms with Crippen LogP contribution >= 0.6 is 11.3 Å². The van der Waals surface area contributed by atoms with Crippen molar-refractivity contribution in [3.8, 4) is 0 Å². The van der Waals surface area contributed by atoms with Crippen molar-refractivity contribution in [1.82, 2.24) is 9.55 Å². The zero-order valence-electron chi connectivity index (χ0n) is 14.1. The standard InChI is InChI=1S/C19H25N3OS/c1-2-12-22-18(23)16-14-10-6-7-11-15(14)24-17(16)21-19(22)20-13-8-4-3-5-9-13/h2,13H,1,3-12H2,(H,20,21). The average molecular weight is 343 g/mol. The Balaban J connectivity index is 1.81. The molecule has 4 rings (SSSR count). The molecule has 0 aromatic carbocycles. The average Bonchev–Trinajstić information content (AvgIpc) is 2.97. The Morgan fingerprint density at radius 2 is 2.00 bits per heavy atom. The van der Waals surface area contributed by atoms with E-state index >= 15 is 0 Å². The van der Waals surface area contributed by atoms with Gasteiger partial charge in [0.15, 0.2) is 0 Å². The summed E-state index contributed by atoms with van der Waals surface area (Å²) in [7, 11) is 0. The second kappa shape index (κ2) is 6.71. The van der Waals surface area contributed by atoms with Crippen LogP contribution in [0.4, 0.5) is 5.95 Å². The van der Waals surface area contributed by atoms with Crippen molar-refractivity contribution < 1.29 is 0 Å². The minimum Gasteiger partial charge on any atom is -0.353 e. The summed E-state index contributed by atoms with van der Waals surface area (Å²) in [6.07, 6.45) is 12.5. The molecule has 0 saturated heterocycles. The summed E-state index contributed by atoms with van der Waals surface area (Å²) in [5, 5.41) is 4.42. The number of aryl methyl sites for hydroxylation is 2. The van der Waals surface area contributed by atoms with E-state index in [1.807, 2.05) is 0 Å². The van der Waals surface area contributed by atoms with Gasteiger partial charge in [0.2, 0.25) is 5.95 Å². The molecular weight excluding hydrogens is 318 g/mol. The fraction of sp³-hybridized carbons (Fsp3) is 0.579. The summed E-state index contributed by atoms with van der Waals surface area (Å²) in [6.45, 7) is 4.34. The molecule has 0 bridgehead atoms. The van der Waals surface area contributed by atoms with E-state index in [-0.39, 0.29) is 5.56 Å². The second-order valence-electron chi connectivity index (χ2n) is 7.01. The van der Waals surface area contributed by atoms with Gasteiger partial charge in [-0.15, -0.1) is 17.9 Å². The molecule has 1 fully saturated rings. The second-order valence-corrected chi connectivity index (χ2v) is 8.09. The van der Waals surface area contributed by atoms with E-state index in [0.29, 0.717) is 12.6 Å². The molecule has 1 saturated carbocycles. The summed E-state index contributed by atoms with van der Waals surface area (Å²) < 4.78 is 1.78. The molecular formula is C19H25N3OS. The van der Waals surface area contributed by atoms with Gasteiger partial charge < -0.3 is 5.32 Å². The molecule has 24 heavy (non-hydrogen) atoms. The zero-order valence-corrected chi connectivity index (χ0v) is 15.0. The smallest absolute Gasteiger partial charge is 0.264 e. The molecule has 2 aliphatic rings. The van der Waals surface area contributed by atoms with Crippen molar-refractivity contribution in [2.45, 2.75) is 70.4 Å². The first-order valence-corrected chi connectivity index (χ1v) is 10.0. The summed E-state index contributed by atoms with van der Waals surface area (Å²) in [6, 6.07) is 0.439. The highest BCUT2D eigenvalue weighted by Crippen LogP contribution is 2.34. The maximum Gasteiger partial charge on any atom is 0.264 e. The van der Waals surface area contributed by atoms with Gasteiger partial charge in [0.05, 0.1) is 5.39 Å². The molecule has 0 aliphatic heterocycles. The maximum atomic E-state index is 13.2. The summed E-state index contributed by atoms with van der Waals surface area (Å²) in [4.78, 5) is 20.3. The number of thiophene rings is 1. The fourth-order valence-electron chi connectivity index (χ4n) is 4.08. The Bertz CT molecular complexity index is 814. The van der Waals surface area contributed by atoms with E-state index < -0.39 is 0 Å². The molecule has 128 valence electrons. The predicted molar refractivity (Wildman–Crippen MR) is 101 cm³/mol. The van der Waals surface area contributed by atoms with E-state index in [0.717, 1.165) is 29.0 Å². The first kappa shape index (κ1) is 15.9. The number of nitrogens with one attached hydrogen (secondary N) is 1. The number of fused-ring (bicyclic) bond motifs is 3. The van der Waals surface area contributed by atoms with Crippen LogP contribution in [-0.4, -0.2) is 15.6 Å². The lowest BCUT2D eigenvalue weighted by atomic mass is 9.96. The molecule has 0 unspecified atom stereocenters. The van der Waals surface area contributed by atoms with Gasteiger partial charge >= 0.3 is 0 Å². The van der Waals surface area contributed by atoms with Crippen LogP contribution in [-0.2, 0) is 19.4 Å². The fourth-order valence-corrected chi connectivity index (χ4v) is 5.33. The van der Waals surface area contributed by atoms with Crippen LogP contribution in [0.15, 0.2) is 17.4 Å². The highest BCUT2D eigenvalue weighted by Gasteiger charge is 2.23. The lowest BCUT2D eigenvalue weighted by molar-refractivity contribution is 0.459. The Morgan fingerprint density at radius 1 is 1.21 bits per heavy atom. The summed E-state index contributed by atoms with van der Waals surface area (Å²) in [5.74, 6) is 0.734. The molecule has 0 radical (unpaired) electrons. The molecule has 2 aromatic rings. The van der Waals surface area contributed by atoms with Crippen LogP contribution in [0.5, 0.6) is 0 Å². The van der Waals surface area contributed by atoms with Gasteiger partial charge in [-0.05, 0) is 44.1 Å². The van der Waals surface area contributed by atoms with Crippen LogP contribution in [0.3, 0.4) is 0 Å². The molecule has 0 amide bonds. The van der Waals surface area contributed by atoms with Crippen molar-refractivity contribution in [3.63, 3.8) is 0 Å². The predicted octanol–water partition coefficient (Wildman–Crippen LogP) is 4.27. The van der Waals surface area contributed by atoms with Gasteiger partial charge in [0.1, 0.15) is 4.83 Å². The Kier molecular flexibility index (Phi) is 4.44. The first-order chi connectivity index (χ1) is 11.8. The van der Waals surface area contributed by atoms with Crippen LogP contribution in [0, 0.1) is 0 Å². The largest absolute Gasteiger partial charge is 0.353 e. The van der Waals surface area contributed by atoms with E-state index in [9.17, 15) is 4.79 Å². The van der Waals surface area contributed by atoms with Gasteiger partial charge in [-0.2, -0.15) is 0 Å². The molecule has 2 aliphatic carbocycles. The highest BCUT2D eigenvalue weighted by atomic mass is 32.1. The van der Waals surface area contributed by atoms with Gasteiger partial charge in [-0.3, -0.25) is 9.36 Å². The van der Waals surface area contributed by atoms with Crippen molar-refractivity contribution >= 4 is 27.5 Å². The van der Waals surface area contributed by atoms with Gasteiger partial charge in [0, 0.05) is 17.5 Å². The third-order valence-electron chi connectivity index (χ3n) is 5.32. The van der Waals surface area contributed by atoms with E-state index in [1.165, 1.54) is 55.4 Å². The molecule has 5 heteroatoms. The van der Waals surface area contributed by atoms with E-state index in [1.54, 1.807) is 22.0 Å². The Labute approximate surface area is 146 Å². The topological polar surface area (TPSA) is 46.9 Å². The van der Waals surface area contributed by atoms with Crippen molar-refractivity contribution in [2.75, 3.05) is 5.32 Å². The van der Waals surface area contributed by atoms with Crippen molar-refractivity contribution in [1.29, 1.82) is 0 Å². The minimum atomic E-state index is 0.109. The summed E-state index contributed by atoms with van der Waals surface area (Å²) >= 11 is 1.73. The molecule has 2 heterocycles. The zero-order chi connectivity index (χ0) is 16.5. The lowest BCUT2D eigenvalue weighted by Crippen LogP contribution is -2.30. The number of aromatic nitrogens is 2. The Hall–Kier alpha value is -1.62. The van der Waals surface area contributed by atoms with Crippen molar-refractivity contribution in [2.24, 2.45) is 0 Å². The van der Waals surface area contributed by atoms with Crippen LogP contribution < -0.4 is 10.9 Å². The van der Waals surface area contributed by atoms with Gasteiger partial charge in [-0.25, -0.2) is 4.98 Å². The van der Waals surface area contributed by atoms with Crippen LogP contribution in [0.25, 0.3) is 10.2 Å².